The first-order valence-electron chi connectivity index (χ1n) is 8.73. The molecule has 1 aromatic heterocycles. The van der Waals surface area contributed by atoms with Crippen LogP contribution in [0.25, 0.3) is 0 Å². The van der Waals surface area contributed by atoms with E-state index in [4.69, 9.17) is 11.6 Å². The molecule has 2 atom stereocenters. The Balaban J connectivity index is 1.55. The topological polar surface area (TPSA) is 66.4 Å². The minimum atomic E-state index is -0.118. The molecule has 2 amide bonds. The van der Waals surface area contributed by atoms with Crippen molar-refractivity contribution in [2.24, 2.45) is 5.92 Å². The van der Waals surface area contributed by atoms with Crippen molar-refractivity contribution < 1.29 is 9.59 Å². The molecule has 6 nitrogen and oxygen atoms in total. The second kappa shape index (κ2) is 7.03. The molecule has 0 radical (unpaired) electrons. The van der Waals surface area contributed by atoms with Gasteiger partial charge in [-0.3, -0.25) is 14.6 Å². The number of rotatable bonds is 2. The van der Waals surface area contributed by atoms with E-state index in [-0.39, 0.29) is 23.8 Å². The van der Waals surface area contributed by atoms with Gasteiger partial charge >= 0.3 is 0 Å². The number of aromatic nitrogens is 2. The van der Waals surface area contributed by atoms with Gasteiger partial charge in [0.1, 0.15) is 5.69 Å². The molecule has 5 rings (SSSR count). The zero-order chi connectivity index (χ0) is 18.1. The average Bonchev–Trinajstić information content (AvgIpc) is 2.99. The van der Waals surface area contributed by atoms with Crippen LogP contribution in [0.3, 0.4) is 0 Å². The summed E-state index contributed by atoms with van der Waals surface area (Å²) >= 11 is 6.04. The zero-order valence-corrected chi connectivity index (χ0v) is 15.0. The lowest BCUT2D eigenvalue weighted by Gasteiger charge is -2.36. The molecule has 1 aromatic carbocycles. The molecular weight excluding hydrogens is 352 g/mol. The van der Waals surface area contributed by atoms with Crippen LogP contribution in [0.15, 0.2) is 42.9 Å². The number of hydrogen-bond acceptors (Lipinski definition) is 4. The van der Waals surface area contributed by atoms with Crippen molar-refractivity contribution in [1.29, 1.82) is 0 Å². The maximum atomic E-state index is 13.0. The van der Waals surface area contributed by atoms with E-state index in [1.807, 2.05) is 9.80 Å². The summed E-state index contributed by atoms with van der Waals surface area (Å²) in [5.41, 5.74) is 0.943. The lowest BCUT2D eigenvalue weighted by molar-refractivity contribution is 0.0574. The monoisotopic (exact) mass is 370 g/mol. The highest BCUT2D eigenvalue weighted by Crippen LogP contribution is 2.30. The molecule has 4 heterocycles. The highest BCUT2D eigenvalue weighted by atomic mass is 35.5. The summed E-state index contributed by atoms with van der Waals surface area (Å²) in [7, 11) is 0. The van der Waals surface area contributed by atoms with Gasteiger partial charge in [-0.05, 0) is 37.0 Å². The third-order valence-electron chi connectivity index (χ3n) is 5.12. The SMILES string of the molecule is O=C(c1cnccn1)N1C[C@@H]2CC[C@H](C1)N(C(=O)c1cccc(Cl)c1)C2. The molecule has 0 N–H and O–H groups in total. The molecular formula is C19H19ClN4O2. The Bertz CT molecular complexity index is 829. The van der Waals surface area contributed by atoms with Crippen LogP contribution in [0.4, 0.5) is 0 Å². The third kappa shape index (κ3) is 3.29. The second-order valence-corrected chi connectivity index (χ2v) is 7.30. The lowest BCUT2D eigenvalue weighted by Crippen LogP contribution is -2.47. The van der Waals surface area contributed by atoms with Crippen molar-refractivity contribution in [3.8, 4) is 0 Å². The molecule has 134 valence electrons. The van der Waals surface area contributed by atoms with Gasteiger partial charge in [0.2, 0.25) is 0 Å². The molecule has 0 unspecified atom stereocenters. The number of piperidine rings is 1. The maximum Gasteiger partial charge on any atom is 0.274 e. The Morgan fingerprint density at radius 2 is 1.96 bits per heavy atom. The van der Waals surface area contributed by atoms with Gasteiger partial charge in [-0.1, -0.05) is 17.7 Å². The van der Waals surface area contributed by atoms with Gasteiger partial charge in [-0.25, -0.2) is 4.98 Å². The molecule has 2 bridgehead atoms. The van der Waals surface area contributed by atoms with E-state index in [0.29, 0.717) is 35.9 Å². The predicted molar refractivity (Wildman–Crippen MR) is 96.9 cm³/mol. The number of halogens is 1. The zero-order valence-electron chi connectivity index (χ0n) is 14.2. The molecule has 3 aliphatic heterocycles. The molecule has 0 spiro atoms. The molecule has 3 aliphatic rings. The van der Waals surface area contributed by atoms with Crippen LogP contribution in [-0.2, 0) is 0 Å². The second-order valence-electron chi connectivity index (χ2n) is 6.87. The van der Waals surface area contributed by atoms with Crippen molar-refractivity contribution in [2.45, 2.75) is 18.9 Å². The number of amides is 2. The van der Waals surface area contributed by atoms with Gasteiger partial charge < -0.3 is 9.80 Å². The molecule has 7 heteroatoms. The van der Waals surface area contributed by atoms with E-state index in [1.165, 1.54) is 12.4 Å². The highest BCUT2D eigenvalue weighted by Gasteiger charge is 2.39. The fourth-order valence-corrected chi connectivity index (χ4v) is 4.05. The minimum absolute atomic E-state index is 0.0147. The standard InChI is InChI=1S/C19H19ClN4O2/c20-15-3-1-2-14(8-15)18(25)24-11-13-4-5-16(24)12-23(10-13)19(26)17-9-21-6-7-22-17/h1-3,6-9,13,16H,4-5,10-12H2/t13-,16+/m0/s1. The van der Waals surface area contributed by atoms with Crippen molar-refractivity contribution >= 4 is 23.4 Å². The Hall–Kier alpha value is -2.47. The third-order valence-corrected chi connectivity index (χ3v) is 5.35. The van der Waals surface area contributed by atoms with Crippen LogP contribution in [-0.4, -0.2) is 57.3 Å². The highest BCUT2D eigenvalue weighted by molar-refractivity contribution is 6.30. The quantitative estimate of drug-likeness (QED) is 0.814. The van der Waals surface area contributed by atoms with E-state index >= 15 is 0 Å². The largest absolute Gasteiger partial charge is 0.335 e. The van der Waals surface area contributed by atoms with Gasteiger partial charge in [-0.2, -0.15) is 0 Å². The van der Waals surface area contributed by atoms with Crippen LogP contribution < -0.4 is 0 Å². The van der Waals surface area contributed by atoms with Gasteiger partial charge in [0.05, 0.1) is 6.20 Å². The average molecular weight is 371 g/mol. The fraction of sp³-hybridized carbons (Fsp3) is 0.368. The van der Waals surface area contributed by atoms with E-state index in [0.717, 1.165) is 12.8 Å². The van der Waals surface area contributed by atoms with E-state index < -0.39 is 0 Å². The fourth-order valence-electron chi connectivity index (χ4n) is 3.86. The summed E-state index contributed by atoms with van der Waals surface area (Å²) in [6.45, 7) is 1.84. The predicted octanol–water partition coefficient (Wildman–Crippen LogP) is 2.51. The maximum absolute atomic E-state index is 13.0. The number of benzene rings is 1. The number of nitrogens with zero attached hydrogens (tertiary/aromatic N) is 4. The molecule has 3 fully saturated rings. The van der Waals surface area contributed by atoms with Crippen LogP contribution >= 0.6 is 11.6 Å². The smallest absolute Gasteiger partial charge is 0.274 e. The number of hydrogen-bond donors (Lipinski definition) is 0. The van der Waals surface area contributed by atoms with Gasteiger partial charge in [0.25, 0.3) is 11.8 Å². The van der Waals surface area contributed by atoms with Crippen molar-refractivity contribution in [2.75, 3.05) is 19.6 Å². The van der Waals surface area contributed by atoms with Crippen LogP contribution in [0.2, 0.25) is 5.02 Å². The summed E-state index contributed by atoms with van der Waals surface area (Å²) in [6, 6.07) is 7.05. The van der Waals surface area contributed by atoms with Gasteiger partial charge in [-0.15, -0.1) is 0 Å². The van der Waals surface area contributed by atoms with Crippen molar-refractivity contribution in [3.05, 3.63) is 59.1 Å². The van der Waals surface area contributed by atoms with Crippen LogP contribution in [0, 0.1) is 5.92 Å². The van der Waals surface area contributed by atoms with Crippen molar-refractivity contribution in [1.82, 2.24) is 19.8 Å². The number of fused-ring (bicyclic) bond motifs is 4. The lowest BCUT2D eigenvalue weighted by atomic mass is 9.94. The molecule has 2 aromatic rings. The van der Waals surface area contributed by atoms with Crippen LogP contribution in [0.5, 0.6) is 0 Å². The van der Waals surface area contributed by atoms with E-state index in [1.54, 1.807) is 30.5 Å². The Kier molecular flexibility index (Phi) is 4.59. The first-order valence-corrected chi connectivity index (χ1v) is 9.11. The van der Waals surface area contributed by atoms with E-state index in [2.05, 4.69) is 9.97 Å². The molecule has 0 saturated carbocycles. The summed E-state index contributed by atoms with van der Waals surface area (Å²) in [5.74, 6) is 0.139. The number of carbonyl (C=O) groups is 2. The normalized spacial score (nSPS) is 22.2. The Morgan fingerprint density at radius 3 is 2.73 bits per heavy atom. The summed E-state index contributed by atoms with van der Waals surface area (Å²) in [4.78, 5) is 37.6. The number of carbonyl (C=O) groups excluding carboxylic acids is 2. The van der Waals surface area contributed by atoms with Crippen LogP contribution in [0.1, 0.15) is 33.7 Å². The van der Waals surface area contributed by atoms with Gasteiger partial charge in [0.15, 0.2) is 0 Å². The summed E-state index contributed by atoms with van der Waals surface area (Å²) in [6.07, 6.45) is 6.49. The summed E-state index contributed by atoms with van der Waals surface area (Å²) < 4.78 is 0. The molecule has 3 saturated heterocycles. The summed E-state index contributed by atoms with van der Waals surface area (Å²) in [5, 5.41) is 0.551. The Labute approximate surface area is 156 Å². The van der Waals surface area contributed by atoms with Crippen molar-refractivity contribution in [3.63, 3.8) is 0 Å². The Morgan fingerprint density at radius 1 is 1.08 bits per heavy atom. The first kappa shape index (κ1) is 17.0. The first-order chi connectivity index (χ1) is 12.6. The van der Waals surface area contributed by atoms with Gasteiger partial charge in [0, 0.05) is 48.7 Å². The minimum Gasteiger partial charge on any atom is -0.335 e. The molecule has 26 heavy (non-hydrogen) atoms. The van der Waals surface area contributed by atoms with E-state index in [9.17, 15) is 9.59 Å². The molecule has 0 aliphatic carbocycles.